The molecule has 0 bridgehead atoms. The maximum absolute atomic E-state index is 11.4. The number of hydrogen-bond acceptors (Lipinski definition) is 3. The van der Waals surface area contributed by atoms with Crippen LogP contribution in [0.4, 0.5) is 0 Å². The fourth-order valence-electron chi connectivity index (χ4n) is 2.16. The quantitative estimate of drug-likeness (QED) is 0.896. The summed E-state index contributed by atoms with van der Waals surface area (Å²) in [5, 5.41) is 10.0. The van der Waals surface area contributed by atoms with Gasteiger partial charge in [-0.15, -0.1) is 0 Å². The van der Waals surface area contributed by atoms with E-state index in [2.05, 4.69) is 23.7 Å². The second kappa shape index (κ2) is 5.80. The first-order valence-electron chi connectivity index (χ1n) is 6.50. The van der Waals surface area contributed by atoms with E-state index in [-0.39, 0.29) is 0 Å². The summed E-state index contributed by atoms with van der Waals surface area (Å²) in [6.45, 7) is 6.70. The summed E-state index contributed by atoms with van der Waals surface area (Å²) in [4.78, 5) is 18.1. The smallest absolute Gasteiger partial charge is 0.336 e. The molecule has 4 nitrogen and oxygen atoms in total. The zero-order valence-corrected chi connectivity index (χ0v) is 11.3. The van der Waals surface area contributed by atoms with Crippen molar-refractivity contribution in [2.75, 3.05) is 13.1 Å². The first kappa shape index (κ1) is 13.5. The Balaban J connectivity index is 2.49. The summed E-state index contributed by atoms with van der Waals surface area (Å²) in [6.07, 6.45) is 0. The first-order chi connectivity index (χ1) is 9.15. The molecule has 1 N–H and O–H groups in total. The van der Waals surface area contributed by atoms with E-state index >= 15 is 0 Å². The predicted molar refractivity (Wildman–Crippen MR) is 75.3 cm³/mol. The summed E-state index contributed by atoms with van der Waals surface area (Å²) >= 11 is 0. The normalized spacial score (nSPS) is 11.1. The van der Waals surface area contributed by atoms with E-state index in [0.29, 0.717) is 17.5 Å². The van der Waals surface area contributed by atoms with Crippen LogP contribution >= 0.6 is 0 Å². The molecule has 1 heterocycles. The molecule has 0 fully saturated rings. The number of aromatic carboxylic acids is 1. The molecule has 0 unspecified atom stereocenters. The third-order valence-electron chi connectivity index (χ3n) is 3.28. The molecule has 0 amide bonds. The lowest BCUT2D eigenvalue weighted by molar-refractivity contribution is 0.0698. The number of carboxylic acid groups (broad SMARTS) is 1. The Kier molecular flexibility index (Phi) is 4.12. The molecule has 4 heteroatoms. The molecule has 2 rings (SSSR count). The Morgan fingerprint density at radius 1 is 1.26 bits per heavy atom. The number of pyridine rings is 1. The van der Waals surface area contributed by atoms with Gasteiger partial charge in [-0.05, 0) is 25.2 Å². The van der Waals surface area contributed by atoms with Crippen LogP contribution in [0.1, 0.15) is 29.9 Å². The minimum atomic E-state index is -0.903. The topological polar surface area (TPSA) is 53.4 Å². The Labute approximate surface area is 112 Å². The highest BCUT2D eigenvalue weighted by molar-refractivity contribution is 6.02. The molecule has 1 aromatic heterocycles. The molecule has 0 aliphatic rings. The van der Waals surface area contributed by atoms with Gasteiger partial charge in [0.2, 0.25) is 0 Å². The maximum atomic E-state index is 11.4. The van der Waals surface area contributed by atoms with Gasteiger partial charge < -0.3 is 5.11 Å². The molecule has 0 aliphatic carbocycles. The van der Waals surface area contributed by atoms with Crippen LogP contribution in [0, 0.1) is 0 Å². The minimum Gasteiger partial charge on any atom is -0.478 e. The molecule has 0 aliphatic heterocycles. The van der Waals surface area contributed by atoms with Gasteiger partial charge in [0.1, 0.15) is 0 Å². The second-order valence-electron chi connectivity index (χ2n) is 4.44. The van der Waals surface area contributed by atoms with Crippen molar-refractivity contribution < 1.29 is 9.90 Å². The highest BCUT2D eigenvalue weighted by atomic mass is 16.4. The fraction of sp³-hybridized carbons (Fsp3) is 0.333. The molecule has 0 atom stereocenters. The van der Waals surface area contributed by atoms with Gasteiger partial charge in [0.15, 0.2) is 0 Å². The van der Waals surface area contributed by atoms with Crippen molar-refractivity contribution in [3.63, 3.8) is 0 Å². The van der Waals surface area contributed by atoms with Crippen molar-refractivity contribution in [2.45, 2.75) is 20.4 Å². The van der Waals surface area contributed by atoms with E-state index in [9.17, 15) is 9.90 Å². The number of fused-ring (bicyclic) bond motifs is 1. The van der Waals surface area contributed by atoms with E-state index in [0.717, 1.165) is 24.3 Å². The van der Waals surface area contributed by atoms with Crippen molar-refractivity contribution in [2.24, 2.45) is 0 Å². The number of carboxylic acids is 1. The Bertz CT molecular complexity index is 592. The fourth-order valence-corrected chi connectivity index (χ4v) is 2.16. The molecular weight excluding hydrogens is 240 g/mol. The lowest BCUT2D eigenvalue weighted by atomic mass is 10.1. The Morgan fingerprint density at radius 2 is 1.95 bits per heavy atom. The van der Waals surface area contributed by atoms with Gasteiger partial charge in [0.05, 0.1) is 16.8 Å². The summed E-state index contributed by atoms with van der Waals surface area (Å²) in [5.74, 6) is -0.903. The van der Waals surface area contributed by atoms with E-state index in [4.69, 9.17) is 0 Å². The Hall–Kier alpha value is -1.94. The molecule has 0 saturated carbocycles. The lowest BCUT2D eigenvalue weighted by Gasteiger charge is -2.18. The SMILES string of the molecule is CCN(CC)Cc1cc(C(=O)O)c2ccccc2n1. The summed E-state index contributed by atoms with van der Waals surface area (Å²) in [7, 11) is 0. The third kappa shape index (κ3) is 2.90. The first-order valence-corrected chi connectivity index (χ1v) is 6.50. The zero-order chi connectivity index (χ0) is 13.8. The highest BCUT2D eigenvalue weighted by Gasteiger charge is 2.12. The maximum Gasteiger partial charge on any atom is 0.336 e. The van der Waals surface area contributed by atoms with E-state index < -0.39 is 5.97 Å². The van der Waals surface area contributed by atoms with Gasteiger partial charge in [-0.25, -0.2) is 4.79 Å². The number of rotatable bonds is 5. The van der Waals surface area contributed by atoms with Crippen LogP contribution in [0.25, 0.3) is 10.9 Å². The number of aromatic nitrogens is 1. The second-order valence-corrected chi connectivity index (χ2v) is 4.44. The van der Waals surface area contributed by atoms with Gasteiger partial charge in [-0.3, -0.25) is 9.88 Å². The van der Waals surface area contributed by atoms with Gasteiger partial charge in [0, 0.05) is 11.9 Å². The molecule has 2 aromatic rings. The van der Waals surface area contributed by atoms with Crippen LogP contribution in [-0.2, 0) is 6.54 Å². The van der Waals surface area contributed by atoms with Crippen LogP contribution in [0.5, 0.6) is 0 Å². The van der Waals surface area contributed by atoms with E-state index in [1.165, 1.54) is 0 Å². The summed E-state index contributed by atoms with van der Waals surface area (Å²) in [6, 6.07) is 9.05. The molecular formula is C15H18N2O2. The highest BCUT2D eigenvalue weighted by Crippen LogP contribution is 2.19. The van der Waals surface area contributed by atoms with Crippen molar-refractivity contribution >= 4 is 16.9 Å². The van der Waals surface area contributed by atoms with E-state index in [1.54, 1.807) is 12.1 Å². The summed E-state index contributed by atoms with van der Waals surface area (Å²) < 4.78 is 0. The number of benzene rings is 1. The number of nitrogens with zero attached hydrogens (tertiary/aromatic N) is 2. The van der Waals surface area contributed by atoms with Crippen molar-refractivity contribution in [3.8, 4) is 0 Å². The zero-order valence-electron chi connectivity index (χ0n) is 11.3. The van der Waals surface area contributed by atoms with Gasteiger partial charge >= 0.3 is 5.97 Å². The van der Waals surface area contributed by atoms with Crippen LogP contribution in [0.15, 0.2) is 30.3 Å². The van der Waals surface area contributed by atoms with Crippen LogP contribution in [0.3, 0.4) is 0 Å². The number of hydrogen-bond donors (Lipinski definition) is 1. The lowest BCUT2D eigenvalue weighted by Crippen LogP contribution is -2.23. The Morgan fingerprint density at radius 3 is 2.58 bits per heavy atom. The standard InChI is InChI=1S/C15H18N2O2/c1-3-17(4-2)10-11-9-13(15(18)19)12-7-5-6-8-14(12)16-11/h5-9H,3-4,10H2,1-2H3,(H,18,19). The van der Waals surface area contributed by atoms with Crippen LogP contribution < -0.4 is 0 Å². The average Bonchev–Trinajstić information content (AvgIpc) is 2.43. The monoisotopic (exact) mass is 258 g/mol. The predicted octanol–water partition coefficient (Wildman–Crippen LogP) is 2.77. The molecule has 0 saturated heterocycles. The van der Waals surface area contributed by atoms with Gasteiger partial charge in [0.25, 0.3) is 0 Å². The number of carbonyl (C=O) groups is 1. The molecule has 19 heavy (non-hydrogen) atoms. The summed E-state index contributed by atoms with van der Waals surface area (Å²) in [5.41, 5.74) is 1.87. The molecule has 0 radical (unpaired) electrons. The van der Waals surface area contributed by atoms with E-state index in [1.807, 2.05) is 18.2 Å². The molecule has 1 aromatic carbocycles. The van der Waals surface area contributed by atoms with Crippen molar-refractivity contribution in [3.05, 3.63) is 41.6 Å². The minimum absolute atomic E-state index is 0.327. The average molecular weight is 258 g/mol. The molecule has 0 spiro atoms. The number of para-hydroxylation sites is 1. The van der Waals surface area contributed by atoms with Gasteiger partial charge in [-0.2, -0.15) is 0 Å². The molecule has 100 valence electrons. The van der Waals surface area contributed by atoms with Crippen LogP contribution in [0.2, 0.25) is 0 Å². The van der Waals surface area contributed by atoms with Gasteiger partial charge in [-0.1, -0.05) is 32.0 Å². The van der Waals surface area contributed by atoms with Crippen LogP contribution in [-0.4, -0.2) is 34.0 Å². The largest absolute Gasteiger partial charge is 0.478 e. The van der Waals surface area contributed by atoms with Crippen molar-refractivity contribution in [1.29, 1.82) is 0 Å². The van der Waals surface area contributed by atoms with Crippen molar-refractivity contribution in [1.82, 2.24) is 9.88 Å². The third-order valence-corrected chi connectivity index (χ3v) is 3.28.